The van der Waals surface area contributed by atoms with Gasteiger partial charge in [0, 0.05) is 25.0 Å². The molecule has 1 aromatic carbocycles. The number of sulfonamides is 1. The lowest BCUT2D eigenvalue weighted by Gasteiger charge is -2.30. The lowest BCUT2D eigenvalue weighted by atomic mass is 9.97. The minimum atomic E-state index is -3.45. The quantitative estimate of drug-likeness (QED) is 0.891. The molecule has 126 valence electrons. The first kappa shape index (κ1) is 17.5. The molecule has 1 saturated heterocycles. The van der Waals surface area contributed by atoms with E-state index in [9.17, 15) is 13.2 Å². The summed E-state index contributed by atoms with van der Waals surface area (Å²) in [4.78, 5) is 13.0. The molecule has 2 rings (SSSR count). The van der Waals surface area contributed by atoms with Crippen molar-refractivity contribution in [1.82, 2.24) is 9.62 Å². The zero-order valence-corrected chi connectivity index (χ0v) is 14.0. The minimum Gasteiger partial charge on any atom is -0.453 e. The lowest BCUT2D eigenvalue weighted by molar-refractivity contribution is 0.106. The van der Waals surface area contributed by atoms with Crippen molar-refractivity contribution < 1.29 is 17.9 Å². The van der Waals surface area contributed by atoms with Crippen LogP contribution in [-0.4, -0.2) is 46.2 Å². The predicted octanol–water partition coefficient (Wildman–Crippen LogP) is 2.06. The molecule has 0 unspecified atom stereocenters. The highest BCUT2D eigenvalue weighted by Gasteiger charge is 2.23. The molecule has 1 aliphatic heterocycles. The SMILES string of the molecule is COC(=O)N1CCC(CNS(=O)(=O)/C=C/c2ccccc2)CC1. The van der Waals surface area contributed by atoms with Crippen LogP contribution < -0.4 is 4.72 Å². The third-order valence-corrected chi connectivity index (χ3v) is 4.92. The molecule has 0 aliphatic carbocycles. The number of carbonyl (C=O) groups excluding carboxylic acids is 1. The Labute approximate surface area is 137 Å². The number of hydrogen-bond donors (Lipinski definition) is 1. The first-order chi connectivity index (χ1) is 11.0. The molecule has 23 heavy (non-hydrogen) atoms. The summed E-state index contributed by atoms with van der Waals surface area (Å²) in [6.45, 7) is 1.58. The molecule has 0 spiro atoms. The largest absolute Gasteiger partial charge is 0.453 e. The lowest BCUT2D eigenvalue weighted by Crippen LogP contribution is -2.41. The fourth-order valence-corrected chi connectivity index (χ4v) is 3.36. The van der Waals surface area contributed by atoms with Gasteiger partial charge < -0.3 is 9.64 Å². The highest BCUT2D eigenvalue weighted by Crippen LogP contribution is 2.17. The van der Waals surface area contributed by atoms with Gasteiger partial charge in [-0.1, -0.05) is 30.3 Å². The van der Waals surface area contributed by atoms with E-state index in [1.54, 1.807) is 11.0 Å². The molecule has 0 atom stereocenters. The smallest absolute Gasteiger partial charge is 0.409 e. The molecular formula is C16H22N2O4S. The Morgan fingerprint density at radius 3 is 2.57 bits per heavy atom. The van der Waals surface area contributed by atoms with Crippen molar-refractivity contribution in [2.75, 3.05) is 26.7 Å². The summed E-state index contributed by atoms with van der Waals surface area (Å²) in [5, 5.41) is 1.19. The van der Waals surface area contributed by atoms with E-state index in [1.807, 2.05) is 30.3 Å². The zero-order chi connectivity index (χ0) is 16.7. The number of likely N-dealkylation sites (tertiary alicyclic amines) is 1. The second kappa shape index (κ2) is 8.12. The van der Waals surface area contributed by atoms with Gasteiger partial charge in [-0.15, -0.1) is 0 Å². The van der Waals surface area contributed by atoms with E-state index in [4.69, 9.17) is 0 Å². The highest BCUT2D eigenvalue weighted by atomic mass is 32.2. The van der Waals surface area contributed by atoms with E-state index < -0.39 is 10.0 Å². The Balaban J connectivity index is 1.79. The minimum absolute atomic E-state index is 0.232. The van der Waals surface area contributed by atoms with Crippen molar-refractivity contribution in [2.24, 2.45) is 5.92 Å². The van der Waals surface area contributed by atoms with Gasteiger partial charge in [0.25, 0.3) is 0 Å². The molecule has 6 nitrogen and oxygen atoms in total. The molecule has 7 heteroatoms. The van der Waals surface area contributed by atoms with Crippen molar-refractivity contribution >= 4 is 22.2 Å². The van der Waals surface area contributed by atoms with Gasteiger partial charge in [-0.05, 0) is 30.4 Å². The van der Waals surface area contributed by atoms with Crippen molar-refractivity contribution in [1.29, 1.82) is 0 Å². The molecule has 1 aliphatic rings. The van der Waals surface area contributed by atoms with Crippen LogP contribution in [0.1, 0.15) is 18.4 Å². The monoisotopic (exact) mass is 338 g/mol. The number of methoxy groups -OCH3 is 1. The summed E-state index contributed by atoms with van der Waals surface area (Å²) in [7, 11) is -2.09. The number of nitrogens with zero attached hydrogens (tertiary/aromatic N) is 1. The van der Waals surface area contributed by atoms with Crippen molar-refractivity contribution in [3.63, 3.8) is 0 Å². The average Bonchev–Trinajstić information content (AvgIpc) is 2.59. The summed E-state index contributed by atoms with van der Waals surface area (Å²) in [6, 6.07) is 9.28. The molecule has 1 amide bonds. The maximum atomic E-state index is 12.0. The number of amides is 1. The maximum absolute atomic E-state index is 12.0. The Morgan fingerprint density at radius 2 is 1.96 bits per heavy atom. The highest BCUT2D eigenvalue weighted by molar-refractivity contribution is 7.92. The molecule has 0 aromatic heterocycles. The summed E-state index contributed by atoms with van der Waals surface area (Å²) >= 11 is 0. The van der Waals surface area contributed by atoms with E-state index in [-0.39, 0.29) is 12.0 Å². The van der Waals surface area contributed by atoms with E-state index >= 15 is 0 Å². The van der Waals surface area contributed by atoms with Gasteiger partial charge in [-0.25, -0.2) is 17.9 Å². The summed E-state index contributed by atoms with van der Waals surface area (Å²) in [5.74, 6) is 0.232. The van der Waals surface area contributed by atoms with Crippen LogP contribution in [0.4, 0.5) is 4.79 Å². The zero-order valence-electron chi connectivity index (χ0n) is 13.1. The standard InChI is InChI=1S/C16H22N2O4S/c1-22-16(19)18-10-7-15(8-11-18)13-17-23(20,21)12-9-14-5-3-2-4-6-14/h2-6,9,12,15,17H,7-8,10-11,13H2,1H3/b12-9+. The van der Waals surface area contributed by atoms with E-state index in [1.165, 1.54) is 12.5 Å². The molecule has 1 fully saturated rings. The number of nitrogens with one attached hydrogen (secondary N) is 1. The summed E-state index contributed by atoms with van der Waals surface area (Å²) < 4.78 is 31.3. The van der Waals surface area contributed by atoms with Gasteiger partial charge in [0.05, 0.1) is 7.11 Å². The van der Waals surface area contributed by atoms with E-state index in [2.05, 4.69) is 9.46 Å². The fourth-order valence-electron chi connectivity index (χ4n) is 2.46. The second-order valence-electron chi connectivity index (χ2n) is 5.51. The topological polar surface area (TPSA) is 75.7 Å². The van der Waals surface area contributed by atoms with Gasteiger partial charge >= 0.3 is 6.09 Å². The average molecular weight is 338 g/mol. The summed E-state index contributed by atoms with van der Waals surface area (Å²) in [5.41, 5.74) is 0.837. The van der Waals surface area contributed by atoms with Crippen LogP contribution in [0.5, 0.6) is 0 Å². The molecule has 1 heterocycles. The van der Waals surface area contributed by atoms with Crippen molar-refractivity contribution in [2.45, 2.75) is 12.8 Å². The number of hydrogen-bond acceptors (Lipinski definition) is 4. The van der Waals surface area contributed by atoms with Crippen molar-refractivity contribution in [3.8, 4) is 0 Å². The van der Waals surface area contributed by atoms with Gasteiger partial charge in [0.1, 0.15) is 0 Å². The van der Waals surface area contributed by atoms with Crippen LogP contribution in [0, 0.1) is 5.92 Å². The first-order valence-corrected chi connectivity index (χ1v) is 9.10. The number of piperidine rings is 1. The van der Waals surface area contributed by atoms with Crippen LogP contribution in [-0.2, 0) is 14.8 Å². The molecule has 1 aromatic rings. The Morgan fingerprint density at radius 1 is 1.30 bits per heavy atom. The van der Waals surface area contributed by atoms with Gasteiger partial charge in [0.15, 0.2) is 0 Å². The number of carbonyl (C=O) groups is 1. The van der Waals surface area contributed by atoms with Crippen LogP contribution in [0.25, 0.3) is 6.08 Å². The van der Waals surface area contributed by atoms with Crippen LogP contribution >= 0.6 is 0 Å². The van der Waals surface area contributed by atoms with Gasteiger partial charge in [0.2, 0.25) is 10.0 Å². The maximum Gasteiger partial charge on any atom is 0.409 e. The number of ether oxygens (including phenoxy) is 1. The third-order valence-electron chi connectivity index (χ3n) is 3.86. The third kappa shape index (κ3) is 5.69. The predicted molar refractivity (Wildman–Crippen MR) is 89.1 cm³/mol. The molecule has 0 radical (unpaired) electrons. The van der Waals surface area contributed by atoms with Gasteiger partial charge in [-0.3, -0.25) is 0 Å². The molecule has 0 bridgehead atoms. The fraction of sp³-hybridized carbons (Fsp3) is 0.438. The number of benzene rings is 1. The Bertz CT molecular complexity index is 635. The van der Waals surface area contributed by atoms with Crippen LogP contribution in [0.3, 0.4) is 0 Å². The summed E-state index contributed by atoms with van der Waals surface area (Å²) in [6.07, 6.45) is 2.78. The van der Waals surface area contributed by atoms with E-state index in [0.29, 0.717) is 19.6 Å². The Kier molecular flexibility index (Phi) is 6.18. The molecular weight excluding hydrogens is 316 g/mol. The Hall–Kier alpha value is -1.86. The van der Waals surface area contributed by atoms with Crippen molar-refractivity contribution in [3.05, 3.63) is 41.3 Å². The van der Waals surface area contributed by atoms with Gasteiger partial charge in [-0.2, -0.15) is 0 Å². The van der Waals surface area contributed by atoms with E-state index in [0.717, 1.165) is 18.4 Å². The normalized spacial score (nSPS) is 16.7. The van der Waals surface area contributed by atoms with Crippen LogP contribution in [0.15, 0.2) is 35.7 Å². The molecule has 0 saturated carbocycles. The number of rotatable bonds is 5. The first-order valence-electron chi connectivity index (χ1n) is 7.56. The van der Waals surface area contributed by atoms with Crippen LogP contribution in [0.2, 0.25) is 0 Å². The second-order valence-corrected chi connectivity index (χ2v) is 7.16. The molecule has 1 N–H and O–H groups in total.